The Hall–Kier alpha value is -0.800. The molecule has 0 spiro atoms. The fourth-order valence-electron chi connectivity index (χ4n) is 1.40. The van der Waals surface area contributed by atoms with E-state index in [1.165, 1.54) is 6.20 Å². The fraction of sp³-hybridized carbons (Fsp3) is 0.500. The lowest BCUT2D eigenvalue weighted by atomic mass is 9.98. The van der Waals surface area contributed by atoms with Crippen LogP contribution in [0.5, 0.6) is 0 Å². The Morgan fingerprint density at radius 2 is 2.14 bits per heavy atom. The molecule has 1 aromatic heterocycles. The number of nitrogen functional groups attached to an aromatic ring is 1. The van der Waals surface area contributed by atoms with Gasteiger partial charge in [0.2, 0.25) is 0 Å². The van der Waals surface area contributed by atoms with Crippen LogP contribution in [0.25, 0.3) is 0 Å². The van der Waals surface area contributed by atoms with Crippen LogP contribution in [-0.2, 0) is 0 Å². The molecule has 0 fully saturated rings. The third-order valence-electron chi connectivity index (χ3n) is 2.04. The number of halogens is 1. The molecule has 1 unspecified atom stereocenters. The van der Waals surface area contributed by atoms with E-state index < -0.39 is 0 Å². The maximum atomic E-state index is 5.99. The van der Waals surface area contributed by atoms with Crippen molar-refractivity contribution in [3.8, 4) is 0 Å². The Morgan fingerprint density at radius 1 is 1.50 bits per heavy atom. The summed E-state index contributed by atoms with van der Waals surface area (Å²) < 4.78 is 0. The van der Waals surface area contributed by atoms with Crippen LogP contribution in [-0.4, -0.2) is 4.98 Å². The second-order valence-electron chi connectivity index (χ2n) is 3.86. The minimum Gasteiger partial charge on any atom is -0.383 e. The highest BCUT2D eigenvalue weighted by molar-refractivity contribution is 6.30. The highest BCUT2D eigenvalue weighted by Gasteiger charge is 2.12. The Balaban J connectivity index is 2.88. The van der Waals surface area contributed by atoms with Gasteiger partial charge in [0.15, 0.2) is 0 Å². The molecule has 0 amide bonds. The molecule has 0 aliphatic rings. The standard InChI is InChI=1S/C10H16ClN3/c1-6(2)3-9(12)8-4-7(11)5-14-10(8)13/h4-6,9H,3,12H2,1-2H3,(H2,13,14). The summed E-state index contributed by atoms with van der Waals surface area (Å²) in [6.45, 7) is 4.24. The monoisotopic (exact) mass is 213 g/mol. The second kappa shape index (κ2) is 4.62. The molecule has 1 atom stereocenters. The summed E-state index contributed by atoms with van der Waals surface area (Å²) >= 11 is 5.82. The largest absolute Gasteiger partial charge is 0.383 e. The van der Waals surface area contributed by atoms with Crippen LogP contribution in [0.15, 0.2) is 12.3 Å². The highest BCUT2D eigenvalue weighted by atomic mass is 35.5. The molecule has 0 aliphatic heterocycles. The lowest BCUT2D eigenvalue weighted by Crippen LogP contribution is -2.15. The van der Waals surface area contributed by atoms with E-state index in [1.807, 2.05) is 0 Å². The van der Waals surface area contributed by atoms with Crippen LogP contribution in [0, 0.1) is 5.92 Å². The van der Waals surface area contributed by atoms with Crippen molar-refractivity contribution >= 4 is 17.4 Å². The van der Waals surface area contributed by atoms with Gasteiger partial charge in [-0.2, -0.15) is 0 Å². The first-order valence-corrected chi connectivity index (χ1v) is 5.05. The number of hydrogen-bond donors (Lipinski definition) is 2. The lowest BCUT2D eigenvalue weighted by molar-refractivity contribution is 0.510. The molecule has 3 nitrogen and oxygen atoms in total. The average molecular weight is 214 g/mol. The average Bonchev–Trinajstić information content (AvgIpc) is 2.08. The maximum Gasteiger partial charge on any atom is 0.128 e. The number of pyridine rings is 1. The Bertz CT molecular complexity index is 312. The zero-order valence-electron chi connectivity index (χ0n) is 8.50. The topological polar surface area (TPSA) is 64.9 Å². The number of nitrogens with two attached hydrogens (primary N) is 2. The Morgan fingerprint density at radius 3 is 2.71 bits per heavy atom. The third-order valence-corrected chi connectivity index (χ3v) is 2.25. The molecule has 78 valence electrons. The normalized spacial score (nSPS) is 13.2. The summed E-state index contributed by atoms with van der Waals surface area (Å²) in [5.41, 5.74) is 12.5. The van der Waals surface area contributed by atoms with Gasteiger partial charge < -0.3 is 11.5 Å². The van der Waals surface area contributed by atoms with Crippen LogP contribution in [0.2, 0.25) is 5.02 Å². The molecule has 0 saturated carbocycles. The van der Waals surface area contributed by atoms with Gasteiger partial charge in [0.25, 0.3) is 0 Å². The van der Waals surface area contributed by atoms with Gasteiger partial charge in [0.05, 0.1) is 5.02 Å². The van der Waals surface area contributed by atoms with Crippen molar-refractivity contribution in [1.29, 1.82) is 0 Å². The zero-order chi connectivity index (χ0) is 10.7. The molecule has 4 N–H and O–H groups in total. The zero-order valence-corrected chi connectivity index (χ0v) is 9.25. The first-order valence-electron chi connectivity index (χ1n) is 4.67. The van der Waals surface area contributed by atoms with E-state index in [0.29, 0.717) is 16.8 Å². The second-order valence-corrected chi connectivity index (χ2v) is 4.30. The molecular formula is C10H16ClN3. The van der Waals surface area contributed by atoms with Crippen LogP contribution in [0.1, 0.15) is 31.9 Å². The lowest BCUT2D eigenvalue weighted by Gasteiger charge is -2.15. The molecule has 1 aromatic rings. The molecule has 1 heterocycles. The molecule has 4 heteroatoms. The number of hydrogen-bond acceptors (Lipinski definition) is 3. The SMILES string of the molecule is CC(C)CC(N)c1cc(Cl)cnc1N. The number of aromatic nitrogens is 1. The van der Waals surface area contributed by atoms with Crippen molar-refractivity contribution in [2.24, 2.45) is 11.7 Å². The van der Waals surface area contributed by atoms with Crippen molar-refractivity contribution in [1.82, 2.24) is 4.98 Å². The molecular weight excluding hydrogens is 198 g/mol. The summed E-state index contributed by atoms with van der Waals surface area (Å²) in [7, 11) is 0. The summed E-state index contributed by atoms with van der Waals surface area (Å²) in [6, 6.07) is 1.71. The van der Waals surface area contributed by atoms with Gasteiger partial charge in [0.1, 0.15) is 5.82 Å². The molecule has 14 heavy (non-hydrogen) atoms. The van der Waals surface area contributed by atoms with Crippen LogP contribution in [0.3, 0.4) is 0 Å². The van der Waals surface area contributed by atoms with Gasteiger partial charge in [-0.1, -0.05) is 25.4 Å². The number of anilines is 1. The predicted octanol–water partition coefficient (Wildman–Crippen LogP) is 2.36. The highest BCUT2D eigenvalue weighted by Crippen LogP contribution is 2.24. The van der Waals surface area contributed by atoms with E-state index >= 15 is 0 Å². The van der Waals surface area contributed by atoms with E-state index in [-0.39, 0.29) is 6.04 Å². The quantitative estimate of drug-likeness (QED) is 0.810. The first kappa shape index (κ1) is 11.3. The van der Waals surface area contributed by atoms with Gasteiger partial charge in [0, 0.05) is 17.8 Å². The molecule has 0 aromatic carbocycles. The molecule has 0 aliphatic carbocycles. The van der Waals surface area contributed by atoms with Crippen LogP contribution < -0.4 is 11.5 Å². The van der Waals surface area contributed by atoms with Crippen molar-refractivity contribution in [2.45, 2.75) is 26.3 Å². The Labute approximate surface area is 89.5 Å². The summed E-state index contributed by atoms with van der Waals surface area (Å²) in [4.78, 5) is 3.97. The molecule has 1 rings (SSSR count). The first-order chi connectivity index (χ1) is 6.50. The van der Waals surface area contributed by atoms with Crippen LogP contribution in [0.4, 0.5) is 5.82 Å². The maximum absolute atomic E-state index is 5.99. The minimum atomic E-state index is -0.0822. The van der Waals surface area contributed by atoms with Crippen molar-refractivity contribution in [3.63, 3.8) is 0 Å². The van der Waals surface area contributed by atoms with E-state index in [4.69, 9.17) is 23.1 Å². The van der Waals surface area contributed by atoms with Gasteiger partial charge in [-0.15, -0.1) is 0 Å². The van der Waals surface area contributed by atoms with E-state index in [0.717, 1.165) is 12.0 Å². The predicted molar refractivity (Wildman–Crippen MR) is 60.0 cm³/mol. The number of nitrogens with zero attached hydrogens (tertiary/aromatic N) is 1. The molecule has 0 radical (unpaired) electrons. The van der Waals surface area contributed by atoms with E-state index in [1.54, 1.807) is 6.07 Å². The van der Waals surface area contributed by atoms with Gasteiger partial charge in [-0.05, 0) is 18.4 Å². The van der Waals surface area contributed by atoms with E-state index in [2.05, 4.69) is 18.8 Å². The van der Waals surface area contributed by atoms with Gasteiger partial charge >= 0.3 is 0 Å². The summed E-state index contributed by atoms with van der Waals surface area (Å²) in [5, 5.41) is 0.577. The van der Waals surface area contributed by atoms with Crippen molar-refractivity contribution in [2.75, 3.05) is 5.73 Å². The minimum absolute atomic E-state index is 0.0822. The third kappa shape index (κ3) is 2.86. The van der Waals surface area contributed by atoms with Crippen LogP contribution >= 0.6 is 11.6 Å². The van der Waals surface area contributed by atoms with Gasteiger partial charge in [-0.25, -0.2) is 4.98 Å². The smallest absolute Gasteiger partial charge is 0.128 e. The Kier molecular flexibility index (Phi) is 3.72. The number of rotatable bonds is 3. The van der Waals surface area contributed by atoms with Crippen molar-refractivity contribution < 1.29 is 0 Å². The fourth-order valence-corrected chi connectivity index (χ4v) is 1.56. The molecule has 0 saturated heterocycles. The molecule has 0 bridgehead atoms. The summed E-state index contributed by atoms with van der Waals surface area (Å²) in [6.07, 6.45) is 2.41. The summed E-state index contributed by atoms with van der Waals surface area (Å²) in [5.74, 6) is 1.01. The van der Waals surface area contributed by atoms with E-state index in [9.17, 15) is 0 Å². The van der Waals surface area contributed by atoms with Gasteiger partial charge in [-0.3, -0.25) is 0 Å². The van der Waals surface area contributed by atoms with Crippen molar-refractivity contribution in [3.05, 3.63) is 22.8 Å².